The summed E-state index contributed by atoms with van der Waals surface area (Å²) in [6, 6.07) is -0.802. The molecule has 0 aromatic rings. The average Bonchev–Trinajstić information content (AvgIpc) is 3.07. The molecular weight excluding hydrogens is 276 g/mol. The summed E-state index contributed by atoms with van der Waals surface area (Å²) in [7, 11) is 0. The molecule has 0 aromatic carbocycles. The third-order valence-corrected chi connectivity index (χ3v) is 6.68. The Morgan fingerprint density at radius 3 is 2.95 bits per heavy atom. The molecule has 0 spiro atoms. The van der Waals surface area contributed by atoms with Gasteiger partial charge < -0.3 is 15.3 Å². The highest BCUT2D eigenvalue weighted by Crippen LogP contribution is 2.64. The van der Waals surface area contributed by atoms with E-state index in [0.717, 1.165) is 32.2 Å². The molecule has 1 saturated carbocycles. The van der Waals surface area contributed by atoms with E-state index in [4.69, 9.17) is 0 Å². The maximum Gasteiger partial charge on any atom is 0.327 e. The lowest BCUT2D eigenvalue weighted by Crippen LogP contribution is -2.75. The van der Waals surface area contributed by atoms with E-state index in [0.29, 0.717) is 5.25 Å². The van der Waals surface area contributed by atoms with Crippen LogP contribution < -0.4 is 5.32 Å². The number of nitrogens with one attached hydrogen (secondary N) is 1. The van der Waals surface area contributed by atoms with Crippen LogP contribution in [0.25, 0.3) is 0 Å². The first-order valence-corrected chi connectivity index (χ1v) is 8.39. The summed E-state index contributed by atoms with van der Waals surface area (Å²) in [5.41, 5.74) is -0.212. The molecule has 3 rings (SSSR count). The molecule has 5 atom stereocenters. The normalized spacial score (nSPS) is 41.7. The third kappa shape index (κ3) is 1.96. The summed E-state index contributed by atoms with van der Waals surface area (Å²) in [6.45, 7) is 4.99. The van der Waals surface area contributed by atoms with E-state index in [9.17, 15) is 14.7 Å². The number of unbranched alkanes of at least 4 members (excludes halogenated alkanes) is 2. The highest BCUT2D eigenvalue weighted by molar-refractivity contribution is 8.01. The quantitative estimate of drug-likeness (QED) is 0.571. The minimum Gasteiger partial charge on any atom is -0.480 e. The molecule has 3 fully saturated rings. The number of nitrogens with zero attached hydrogens (tertiary/aromatic N) is 1. The van der Waals surface area contributed by atoms with E-state index in [1.807, 2.05) is 6.92 Å². The van der Waals surface area contributed by atoms with Gasteiger partial charge in [-0.05, 0) is 19.4 Å². The van der Waals surface area contributed by atoms with Gasteiger partial charge in [0.05, 0.1) is 0 Å². The van der Waals surface area contributed by atoms with Gasteiger partial charge in [-0.1, -0.05) is 26.7 Å². The van der Waals surface area contributed by atoms with E-state index >= 15 is 0 Å². The molecule has 2 heterocycles. The molecule has 6 heteroatoms. The van der Waals surface area contributed by atoms with Crippen molar-refractivity contribution in [3.8, 4) is 0 Å². The molecule has 2 N–H and O–H groups in total. The Kier molecular flexibility index (Phi) is 3.49. The Morgan fingerprint density at radius 2 is 2.30 bits per heavy atom. The topological polar surface area (TPSA) is 69.6 Å². The average molecular weight is 298 g/mol. The van der Waals surface area contributed by atoms with E-state index in [2.05, 4.69) is 12.2 Å². The molecule has 0 radical (unpaired) electrons. The van der Waals surface area contributed by atoms with Gasteiger partial charge in [0.2, 0.25) is 5.91 Å². The smallest absolute Gasteiger partial charge is 0.327 e. The molecule has 112 valence electrons. The highest BCUT2D eigenvalue weighted by Gasteiger charge is 2.71. The number of rotatable bonds is 6. The maximum absolute atomic E-state index is 12.3. The van der Waals surface area contributed by atoms with Crippen molar-refractivity contribution < 1.29 is 14.7 Å². The molecule has 20 heavy (non-hydrogen) atoms. The maximum atomic E-state index is 12.3. The summed E-state index contributed by atoms with van der Waals surface area (Å²) in [5.74, 6) is -0.879. The lowest BCUT2D eigenvalue weighted by Gasteiger charge is -2.53. The van der Waals surface area contributed by atoms with Crippen LogP contribution in [0.5, 0.6) is 0 Å². The highest BCUT2D eigenvalue weighted by atomic mass is 32.2. The van der Waals surface area contributed by atoms with E-state index in [1.54, 1.807) is 16.7 Å². The van der Waals surface area contributed by atoms with Gasteiger partial charge in [-0.3, -0.25) is 4.79 Å². The Bertz CT molecular complexity index is 444. The number of aliphatic carboxylic acids is 1. The van der Waals surface area contributed by atoms with Gasteiger partial charge in [0, 0.05) is 10.7 Å². The fraction of sp³-hybridized carbons (Fsp3) is 0.857. The molecule has 0 aromatic heterocycles. The standard InChI is InChI=1S/C14H22N2O3S/c1-3-4-5-6-15-9-11(17)16-10(13(18)19)14(2)7-8(14)20-12(9)16/h8-10,12,15H,3-7H2,1-2H3,(H,18,19)/t8?,9?,10?,12-,14?/m1/s1. The third-order valence-electron chi connectivity index (χ3n) is 4.87. The van der Waals surface area contributed by atoms with Crippen LogP contribution in [-0.4, -0.2) is 51.1 Å². The summed E-state index contributed by atoms with van der Waals surface area (Å²) in [5, 5.41) is 13.2. The van der Waals surface area contributed by atoms with Crippen molar-refractivity contribution in [2.75, 3.05) is 6.54 Å². The molecule has 4 unspecified atom stereocenters. The first kappa shape index (κ1) is 14.2. The molecule has 5 nitrogen and oxygen atoms in total. The number of hydrogen-bond acceptors (Lipinski definition) is 4. The fourth-order valence-corrected chi connectivity index (χ4v) is 5.40. The van der Waals surface area contributed by atoms with Crippen LogP contribution in [0.4, 0.5) is 0 Å². The van der Waals surface area contributed by atoms with Gasteiger partial charge in [0.1, 0.15) is 17.5 Å². The second-order valence-electron chi connectivity index (χ2n) is 6.35. The lowest BCUT2D eigenvalue weighted by molar-refractivity contribution is -0.165. The predicted molar refractivity (Wildman–Crippen MR) is 77.5 cm³/mol. The Labute approximate surface area is 123 Å². The van der Waals surface area contributed by atoms with Crippen LogP contribution in [0.3, 0.4) is 0 Å². The zero-order valence-corrected chi connectivity index (χ0v) is 12.8. The largest absolute Gasteiger partial charge is 0.480 e. The van der Waals surface area contributed by atoms with E-state index in [-0.39, 0.29) is 22.7 Å². The van der Waals surface area contributed by atoms with Crippen molar-refractivity contribution >= 4 is 23.6 Å². The van der Waals surface area contributed by atoms with Crippen molar-refractivity contribution in [1.29, 1.82) is 0 Å². The Balaban J connectivity index is 1.64. The molecule has 2 aliphatic heterocycles. The number of carbonyl (C=O) groups excluding carboxylic acids is 1. The molecule has 0 bridgehead atoms. The zero-order valence-electron chi connectivity index (χ0n) is 12.0. The molecule has 3 aliphatic rings. The SMILES string of the molecule is CCCCCNC1C(=O)N2C(C(=O)O)C3(C)CC3S[C@H]12. The molecule has 2 saturated heterocycles. The molecular formula is C14H22N2O3S. The van der Waals surface area contributed by atoms with Gasteiger partial charge in [0.15, 0.2) is 0 Å². The van der Waals surface area contributed by atoms with Crippen LogP contribution in [0.1, 0.15) is 39.5 Å². The van der Waals surface area contributed by atoms with Crippen LogP contribution in [0.2, 0.25) is 0 Å². The summed E-state index contributed by atoms with van der Waals surface area (Å²) in [4.78, 5) is 25.4. The first-order chi connectivity index (χ1) is 9.50. The number of hydrogen-bond donors (Lipinski definition) is 2. The fourth-order valence-electron chi connectivity index (χ4n) is 3.44. The predicted octanol–water partition coefficient (Wildman–Crippen LogP) is 1.28. The molecule has 1 aliphatic carbocycles. The second-order valence-corrected chi connectivity index (χ2v) is 7.67. The number of carboxylic acids is 1. The minimum absolute atomic E-state index is 0.0193. The van der Waals surface area contributed by atoms with Crippen molar-refractivity contribution in [2.45, 2.75) is 62.2 Å². The number of amides is 1. The van der Waals surface area contributed by atoms with E-state index < -0.39 is 12.0 Å². The monoisotopic (exact) mass is 298 g/mol. The lowest BCUT2D eigenvalue weighted by atomic mass is 9.91. The first-order valence-electron chi connectivity index (χ1n) is 7.44. The van der Waals surface area contributed by atoms with Crippen molar-refractivity contribution in [3.05, 3.63) is 0 Å². The number of β-lactam (4-membered cyclic amide) rings is 1. The Hall–Kier alpha value is -0.750. The van der Waals surface area contributed by atoms with Gasteiger partial charge >= 0.3 is 5.97 Å². The molecule has 1 amide bonds. The van der Waals surface area contributed by atoms with Crippen LogP contribution in [-0.2, 0) is 9.59 Å². The summed E-state index contributed by atoms with van der Waals surface area (Å²) in [6.07, 6.45) is 4.30. The summed E-state index contributed by atoms with van der Waals surface area (Å²) < 4.78 is 0. The summed E-state index contributed by atoms with van der Waals surface area (Å²) >= 11 is 1.79. The van der Waals surface area contributed by atoms with Crippen molar-refractivity contribution in [2.24, 2.45) is 5.41 Å². The second kappa shape index (κ2) is 4.91. The number of thioether (sulfide) groups is 1. The van der Waals surface area contributed by atoms with Crippen molar-refractivity contribution in [1.82, 2.24) is 10.2 Å². The van der Waals surface area contributed by atoms with Gasteiger partial charge in [-0.25, -0.2) is 4.79 Å². The minimum atomic E-state index is -0.849. The van der Waals surface area contributed by atoms with Crippen LogP contribution in [0.15, 0.2) is 0 Å². The zero-order chi connectivity index (χ0) is 14.5. The van der Waals surface area contributed by atoms with Gasteiger partial charge in [0.25, 0.3) is 0 Å². The van der Waals surface area contributed by atoms with E-state index in [1.165, 1.54) is 0 Å². The number of carbonyl (C=O) groups is 2. The van der Waals surface area contributed by atoms with Crippen LogP contribution >= 0.6 is 11.8 Å². The number of carboxylic acid groups (broad SMARTS) is 1. The van der Waals surface area contributed by atoms with Gasteiger partial charge in [-0.15, -0.1) is 11.8 Å². The Morgan fingerprint density at radius 1 is 1.55 bits per heavy atom. The van der Waals surface area contributed by atoms with Gasteiger partial charge in [-0.2, -0.15) is 0 Å². The number of fused-ring (bicyclic) bond motifs is 2. The van der Waals surface area contributed by atoms with Crippen molar-refractivity contribution in [3.63, 3.8) is 0 Å². The van der Waals surface area contributed by atoms with Crippen LogP contribution in [0, 0.1) is 5.41 Å².